The largest absolute Gasteiger partial charge is 0.482 e. The Bertz CT molecular complexity index is 706. The van der Waals surface area contributed by atoms with Gasteiger partial charge in [0.2, 0.25) is 0 Å². The van der Waals surface area contributed by atoms with E-state index in [1.807, 2.05) is 12.1 Å². The average Bonchev–Trinajstić information content (AvgIpc) is 2.69. The van der Waals surface area contributed by atoms with E-state index in [2.05, 4.69) is 39.8 Å². The summed E-state index contributed by atoms with van der Waals surface area (Å²) in [6, 6.07) is 8.15. The second-order valence-corrected chi connectivity index (χ2v) is 10.5. The first-order valence-electron chi connectivity index (χ1n) is 11.8. The van der Waals surface area contributed by atoms with Crippen LogP contribution >= 0.6 is 0 Å². The molecule has 5 rings (SSSR count). The highest BCUT2D eigenvalue weighted by Crippen LogP contribution is 2.65. The normalized spacial score (nSPS) is 36.1. The molecule has 4 bridgehead atoms. The summed E-state index contributed by atoms with van der Waals surface area (Å²) in [4.78, 5) is 12.8. The molecule has 1 aromatic carbocycles. The lowest BCUT2D eigenvalue weighted by Gasteiger charge is -2.64. The van der Waals surface area contributed by atoms with E-state index in [1.165, 1.54) is 37.7 Å². The van der Waals surface area contributed by atoms with Crippen LogP contribution in [0.2, 0.25) is 0 Å². The molecule has 1 aromatic rings. The maximum Gasteiger partial charge on any atom is 0.344 e. The standard InChI is InChI=1S/C26H38O3/c1-5-11-26(21-12-19-13-22(26)16-25(4,14-19)15-21)29-24(27)17-28-23-9-7-20(8-10-23)18(3)6-2/h7-10,18-19,21-22H,5-6,11-17H2,1-4H3. The van der Waals surface area contributed by atoms with E-state index in [0.29, 0.717) is 23.2 Å². The van der Waals surface area contributed by atoms with Crippen molar-refractivity contribution in [2.24, 2.45) is 23.2 Å². The van der Waals surface area contributed by atoms with Crippen molar-refractivity contribution in [3.63, 3.8) is 0 Å². The predicted octanol–water partition coefficient (Wildman–Crippen LogP) is 6.51. The van der Waals surface area contributed by atoms with E-state index in [-0.39, 0.29) is 18.2 Å². The smallest absolute Gasteiger partial charge is 0.344 e. The van der Waals surface area contributed by atoms with Gasteiger partial charge in [-0.3, -0.25) is 0 Å². The molecule has 160 valence electrons. The van der Waals surface area contributed by atoms with Crippen LogP contribution in [0, 0.1) is 23.2 Å². The zero-order valence-corrected chi connectivity index (χ0v) is 18.7. The Morgan fingerprint density at radius 2 is 1.76 bits per heavy atom. The Labute approximate surface area is 176 Å². The molecule has 3 unspecified atom stereocenters. The number of carbonyl (C=O) groups excluding carboxylic acids is 1. The van der Waals surface area contributed by atoms with E-state index >= 15 is 0 Å². The first-order chi connectivity index (χ1) is 13.9. The molecule has 0 aromatic heterocycles. The van der Waals surface area contributed by atoms with Gasteiger partial charge in [-0.25, -0.2) is 4.79 Å². The molecule has 3 nitrogen and oxygen atoms in total. The number of esters is 1. The Morgan fingerprint density at radius 3 is 2.31 bits per heavy atom. The SMILES string of the molecule is CCCC1(OC(=O)COc2ccc(C(C)CC)cc2)C2CC3CC1CC(C)(C3)C2. The van der Waals surface area contributed by atoms with Gasteiger partial charge in [0, 0.05) is 0 Å². The van der Waals surface area contributed by atoms with Gasteiger partial charge in [-0.1, -0.05) is 46.2 Å². The van der Waals surface area contributed by atoms with Crippen molar-refractivity contribution in [2.75, 3.05) is 6.61 Å². The van der Waals surface area contributed by atoms with Crippen molar-refractivity contribution in [1.82, 2.24) is 0 Å². The van der Waals surface area contributed by atoms with Crippen molar-refractivity contribution in [3.8, 4) is 5.75 Å². The van der Waals surface area contributed by atoms with Crippen LogP contribution in [0.25, 0.3) is 0 Å². The molecule has 0 radical (unpaired) electrons. The van der Waals surface area contributed by atoms with Crippen molar-refractivity contribution in [3.05, 3.63) is 29.8 Å². The van der Waals surface area contributed by atoms with Gasteiger partial charge in [0.05, 0.1) is 0 Å². The monoisotopic (exact) mass is 398 g/mol. The highest BCUT2D eigenvalue weighted by Gasteiger charge is 2.62. The quantitative estimate of drug-likeness (QED) is 0.468. The van der Waals surface area contributed by atoms with Gasteiger partial charge in [0.1, 0.15) is 11.4 Å². The molecule has 0 aliphatic heterocycles. The maximum absolute atomic E-state index is 12.8. The fourth-order valence-corrected chi connectivity index (χ4v) is 6.98. The van der Waals surface area contributed by atoms with Crippen LogP contribution in [-0.2, 0) is 9.53 Å². The van der Waals surface area contributed by atoms with Crippen LogP contribution in [0.1, 0.15) is 90.5 Å². The van der Waals surface area contributed by atoms with Gasteiger partial charge >= 0.3 is 5.97 Å². The fraction of sp³-hybridized carbons (Fsp3) is 0.731. The third-order valence-corrected chi connectivity index (χ3v) is 8.24. The van der Waals surface area contributed by atoms with Crippen LogP contribution in [-0.4, -0.2) is 18.2 Å². The summed E-state index contributed by atoms with van der Waals surface area (Å²) >= 11 is 0. The number of benzene rings is 1. The van der Waals surface area contributed by atoms with E-state index in [0.717, 1.165) is 30.9 Å². The topological polar surface area (TPSA) is 35.5 Å². The summed E-state index contributed by atoms with van der Waals surface area (Å²) in [6.07, 6.45) is 9.52. The molecule has 0 amide bonds. The van der Waals surface area contributed by atoms with Gasteiger partial charge in [-0.05, 0) is 91.7 Å². The van der Waals surface area contributed by atoms with E-state index in [1.54, 1.807) is 0 Å². The van der Waals surface area contributed by atoms with Gasteiger partial charge in [0.15, 0.2) is 6.61 Å². The van der Waals surface area contributed by atoms with Gasteiger partial charge in [-0.2, -0.15) is 0 Å². The van der Waals surface area contributed by atoms with Gasteiger partial charge in [-0.15, -0.1) is 0 Å². The molecule has 4 fully saturated rings. The summed E-state index contributed by atoms with van der Waals surface area (Å²) < 4.78 is 12.1. The molecule has 4 aliphatic carbocycles. The highest BCUT2D eigenvalue weighted by atomic mass is 16.6. The lowest BCUT2D eigenvalue weighted by Crippen LogP contribution is -2.62. The molecule has 0 heterocycles. The number of ether oxygens (including phenoxy) is 2. The van der Waals surface area contributed by atoms with Crippen LogP contribution in [0.3, 0.4) is 0 Å². The van der Waals surface area contributed by atoms with Crippen LogP contribution < -0.4 is 4.74 Å². The third kappa shape index (κ3) is 3.94. The Morgan fingerprint density at radius 1 is 1.10 bits per heavy atom. The summed E-state index contributed by atoms with van der Waals surface area (Å²) in [5, 5.41) is 0. The zero-order chi connectivity index (χ0) is 20.6. The van der Waals surface area contributed by atoms with Crippen LogP contribution in [0.15, 0.2) is 24.3 Å². The first kappa shape index (κ1) is 20.8. The molecular weight excluding hydrogens is 360 g/mol. The second kappa shape index (κ2) is 7.96. The molecule has 4 saturated carbocycles. The summed E-state index contributed by atoms with van der Waals surface area (Å²) in [6.45, 7) is 9.11. The Hall–Kier alpha value is -1.51. The number of hydrogen-bond donors (Lipinski definition) is 0. The minimum absolute atomic E-state index is 0.00821. The van der Waals surface area contributed by atoms with Crippen molar-refractivity contribution < 1.29 is 14.3 Å². The average molecular weight is 399 g/mol. The number of hydrogen-bond acceptors (Lipinski definition) is 3. The van der Waals surface area contributed by atoms with Gasteiger partial charge in [0.25, 0.3) is 0 Å². The molecule has 29 heavy (non-hydrogen) atoms. The summed E-state index contributed by atoms with van der Waals surface area (Å²) in [5.41, 5.74) is 1.55. The van der Waals surface area contributed by atoms with Crippen molar-refractivity contribution in [2.45, 2.75) is 90.6 Å². The summed E-state index contributed by atoms with van der Waals surface area (Å²) in [5.74, 6) is 3.02. The molecule has 3 heteroatoms. The molecule has 4 aliphatic rings. The minimum atomic E-state index is -0.244. The van der Waals surface area contributed by atoms with E-state index < -0.39 is 0 Å². The molecule has 3 atom stereocenters. The Kier molecular flexibility index (Phi) is 5.70. The third-order valence-electron chi connectivity index (χ3n) is 8.24. The zero-order valence-electron chi connectivity index (χ0n) is 18.7. The van der Waals surface area contributed by atoms with E-state index in [9.17, 15) is 4.79 Å². The van der Waals surface area contributed by atoms with Crippen LogP contribution in [0.5, 0.6) is 5.75 Å². The first-order valence-corrected chi connectivity index (χ1v) is 11.8. The summed E-state index contributed by atoms with van der Waals surface area (Å²) in [7, 11) is 0. The molecular formula is C26H38O3. The number of rotatable bonds is 8. The molecule has 0 saturated heterocycles. The van der Waals surface area contributed by atoms with Crippen LogP contribution in [0.4, 0.5) is 0 Å². The lowest BCUT2D eigenvalue weighted by molar-refractivity contribution is -0.226. The maximum atomic E-state index is 12.8. The molecule has 0 N–H and O–H groups in total. The van der Waals surface area contributed by atoms with E-state index in [4.69, 9.17) is 9.47 Å². The predicted molar refractivity (Wildman–Crippen MR) is 116 cm³/mol. The molecule has 0 spiro atoms. The fourth-order valence-electron chi connectivity index (χ4n) is 6.98. The second-order valence-electron chi connectivity index (χ2n) is 10.5. The van der Waals surface area contributed by atoms with Gasteiger partial charge < -0.3 is 9.47 Å². The number of carbonyl (C=O) groups is 1. The highest BCUT2D eigenvalue weighted by molar-refractivity contribution is 5.71. The Balaban J connectivity index is 1.40. The van der Waals surface area contributed by atoms with Crippen molar-refractivity contribution in [1.29, 1.82) is 0 Å². The van der Waals surface area contributed by atoms with Crippen molar-refractivity contribution >= 4 is 5.97 Å². The minimum Gasteiger partial charge on any atom is -0.482 e. The lowest BCUT2D eigenvalue weighted by atomic mass is 9.44.